The van der Waals surface area contributed by atoms with Crippen molar-refractivity contribution >= 4 is 11.8 Å². The van der Waals surface area contributed by atoms with Crippen LogP contribution < -0.4 is 10.5 Å². The molecule has 0 unspecified atom stereocenters. The average molecular weight is 232 g/mol. The fourth-order valence-corrected chi connectivity index (χ4v) is 1.21. The van der Waals surface area contributed by atoms with Crippen LogP contribution in [0.3, 0.4) is 0 Å². The molecule has 0 aliphatic carbocycles. The summed E-state index contributed by atoms with van der Waals surface area (Å²) < 4.78 is 29.7. The lowest BCUT2D eigenvalue weighted by atomic mass is 10.1. The normalized spacial score (nSPS) is 10.5. The lowest BCUT2D eigenvalue weighted by molar-refractivity contribution is -0.136. The number of halogens is 2. The molecule has 0 saturated carbocycles. The Bertz CT molecular complexity index is 410. The number of carbonyl (C=O) groups is 1. The summed E-state index contributed by atoms with van der Waals surface area (Å²) in [5, 5.41) is 8.58. The van der Waals surface area contributed by atoms with Crippen molar-refractivity contribution in [2.24, 2.45) is 0 Å². The zero-order chi connectivity index (χ0) is 12.3. The van der Waals surface area contributed by atoms with Gasteiger partial charge in [0.1, 0.15) is 5.82 Å². The Hall–Kier alpha value is -1.92. The van der Waals surface area contributed by atoms with E-state index in [1.807, 2.05) is 0 Å². The highest BCUT2D eigenvalue weighted by Crippen LogP contribution is 2.29. The highest BCUT2D eigenvalue weighted by molar-refractivity contribution is 5.71. The molecule has 0 fully saturated rings. The molecule has 0 radical (unpaired) electrons. The maximum atomic E-state index is 12.5. The summed E-state index contributed by atoms with van der Waals surface area (Å²) in [5.41, 5.74) is 4.86. The van der Waals surface area contributed by atoms with Gasteiger partial charge in [0.15, 0.2) is 0 Å². The molecule has 0 saturated heterocycles. The van der Waals surface area contributed by atoms with Crippen LogP contribution in [-0.2, 0) is 11.2 Å². The second-order valence-electron chi connectivity index (χ2n) is 3.00. The zero-order valence-electron chi connectivity index (χ0n) is 8.41. The standard InChI is InChI=1S/C9H10F2N2O3/c1-16-9-4(3-6(14)15)2-5(7(10)11)8(12)13-9/h2,7H,3H2,1H3,(H2,12,13)(H,14,15). The molecule has 1 rings (SSSR count). The first-order valence-corrected chi connectivity index (χ1v) is 4.29. The summed E-state index contributed by atoms with van der Waals surface area (Å²) in [6, 6.07) is 1.000. The summed E-state index contributed by atoms with van der Waals surface area (Å²) in [7, 11) is 1.26. The summed E-state index contributed by atoms with van der Waals surface area (Å²) in [6.45, 7) is 0. The molecule has 3 N–H and O–H groups in total. The minimum Gasteiger partial charge on any atom is -0.481 e. The van der Waals surface area contributed by atoms with E-state index in [0.29, 0.717) is 0 Å². The van der Waals surface area contributed by atoms with Crippen molar-refractivity contribution in [3.05, 3.63) is 17.2 Å². The number of carboxylic acids is 1. The third-order valence-corrected chi connectivity index (χ3v) is 1.89. The van der Waals surface area contributed by atoms with Gasteiger partial charge in [-0.15, -0.1) is 0 Å². The minimum absolute atomic E-state index is 0.0516. The molecule has 0 aromatic carbocycles. The predicted octanol–water partition coefficient (Wildman–Crippen LogP) is 1.24. The number of nitrogens with two attached hydrogens (primary N) is 1. The number of methoxy groups -OCH3 is 1. The predicted molar refractivity (Wildman–Crippen MR) is 51.5 cm³/mol. The van der Waals surface area contributed by atoms with E-state index >= 15 is 0 Å². The van der Waals surface area contributed by atoms with E-state index in [0.717, 1.165) is 6.07 Å². The monoisotopic (exact) mass is 232 g/mol. The van der Waals surface area contributed by atoms with Gasteiger partial charge in [-0.25, -0.2) is 8.78 Å². The molecule has 16 heavy (non-hydrogen) atoms. The van der Waals surface area contributed by atoms with E-state index in [1.54, 1.807) is 0 Å². The number of hydrogen-bond acceptors (Lipinski definition) is 4. The maximum absolute atomic E-state index is 12.5. The summed E-state index contributed by atoms with van der Waals surface area (Å²) in [5.74, 6) is -1.57. The highest BCUT2D eigenvalue weighted by atomic mass is 19.3. The van der Waals surface area contributed by atoms with Gasteiger partial charge in [0, 0.05) is 5.56 Å². The number of rotatable bonds is 4. The van der Waals surface area contributed by atoms with E-state index in [4.69, 9.17) is 15.6 Å². The van der Waals surface area contributed by atoms with Crippen LogP contribution in [0.15, 0.2) is 6.07 Å². The van der Waals surface area contributed by atoms with Crippen LogP contribution in [0.25, 0.3) is 0 Å². The van der Waals surface area contributed by atoms with Crippen molar-refractivity contribution < 1.29 is 23.4 Å². The quantitative estimate of drug-likeness (QED) is 0.815. The molecular formula is C9H10F2N2O3. The number of aliphatic carboxylic acids is 1. The number of aromatic nitrogens is 1. The largest absolute Gasteiger partial charge is 0.481 e. The van der Waals surface area contributed by atoms with Gasteiger partial charge in [-0.3, -0.25) is 4.79 Å². The average Bonchev–Trinajstić information content (AvgIpc) is 2.18. The number of anilines is 1. The molecule has 88 valence electrons. The third-order valence-electron chi connectivity index (χ3n) is 1.89. The molecule has 7 heteroatoms. The van der Waals surface area contributed by atoms with Crippen molar-refractivity contribution in [2.45, 2.75) is 12.8 Å². The van der Waals surface area contributed by atoms with Crippen LogP contribution in [0, 0.1) is 0 Å². The Morgan fingerprint density at radius 3 is 2.75 bits per heavy atom. The third kappa shape index (κ3) is 2.56. The van der Waals surface area contributed by atoms with E-state index < -0.39 is 24.4 Å². The number of carboxylic acid groups (broad SMARTS) is 1. The number of nitrogens with zero attached hydrogens (tertiary/aromatic N) is 1. The number of nitrogen functional groups attached to an aromatic ring is 1. The number of ether oxygens (including phenoxy) is 1. The number of pyridine rings is 1. The molecule has 0 atom stereocenters. The molecule has 0 spiro atoms. The lowest BCUT2D eigenvalue weighted by Gasteiger charge is -2.10. The van der Waals surface area contributed by atoms with Gasteiger partial charge in [-0.1, -0.05) is 0 Å². The molecular weight excluding hydrogens is 222 g/mol. The van der Waals surface area contributed by atoms with Crippen LogP contribution in [0.1, 0.15) is 17.6 Å². The Balaban J connectivity index is 3.22. The van der Waals surface area contributed by atoms with Gasteiger partial charge >= 0.3 is 5.97 Å². The van der Waals surface area contributed by atoms with Crippen molar-refractivity contribution in [3.8, 4) is 5.88 Å². The molecule has 1 aromatic rings. The molecule has 1 heterocycles. The fraction of sp³-hybridized carbons (Fsp3) is 0.333. The summed E-state index contributed by atoms with van der Waals surface area (Å²) in [6.07, 6.45) is -3.25. The second kappa shape index (κ2) is 4.73. The van der Waals surface area contributed by atoms with Crippen molar-refractivity contribution in [1.29, 1.82) is 0 Å². The topological polar surface area (TPSA) is 85.4 Å². The van der Waals surface area contributed by atoms with Gasteiger partial charge in [-0.05, 0) is 6.07 Å². The fourth-order valence-electron chi connectivity index (χ4n) is 1.21. The van der Waals surface area contributed by atoms with Crippen LogP contribution in [0.5, 0.6) is 5.88 Å². The van der Waals surface area contributed by atoms with Crippen LogP contribution in [0.4, 0.5) is 14.6 Å². The van der Waals surface area contributed by atoms with Crippen LogP contribution >= 0.6 is 0 Å². The first kappa shape index (κ1) is 12.2. The molecule has 0 aliphatic heterocycles. The van der Waals surface area contributed by atoms with E-state index in [2.05, 4.69) is 4.98 Å². The van der Waals surface area contributed by atoms with Crippen molar-refractivity contribution in [1.82, 2.24) is 4.98 Å². The molecule has 1 aromatic heterocycles. The lowest BCUT2D eigenvalue weighted by Crippen LogP contribution is -2.08. The highest BCUT2D eigenvalue weighted by Gasteiger charge is 2.18. The van der Waals surface area contributed by atoms with Gasteiger partial charge in [0.2, 0.25) is 5.88 Å². The van der Waals surface area contributed by atoms with Gasteiger partial charge in [0.25, 0.3) is 6.43 Å². The van der Waals surface area contributed by atoms with Crippen LogP contribution in [0.2, 0.25) is 0 Å². The molecule has 0 aliphatic rings. The Labute approximate surface area is 89.9 Å². The van der Waals surface area contributed by atoms with E-state index in [1.165, 1.54) is 7.11 Å². The van der Waals surface area contributed by atoms with E-state index in [-0.39, 0.29) is 17.3 Å². The number of hydrogen-bond donors (Lipinski definition) is 2. The zero-order valence-corrected chi connectivity index (χ0v) is 8.41. The molecule has 0 bridgehead atoms. The smallest absolute Gasteiger partial charge is 0.308 e. The van der Waals surface area contributed by atoms with Gasteiger partial charge in [-0.2, -0.15) is 4.98 Å². The Morgan fingerprint density at radius 2 is 2.31 bits per heavy atom. The first-order valence-electron chi connectivity index (χ1n) is 4.29. The summed E-state index contributed by atoms with van der Waals surface area (Å²) in [4.78, 5) is 14.1. The second-order valence-corrected chi connectivity index (χ2v) is 3.00. The molecule has 5 nitrogen and oxygen atoms in total. The van der Waals surface area contributed by atoms with Gasteiger partial charge in [0.05, 0.1) is 19.1 Å². The Morgan fingerprint density at radius 1 is 1.69 bits per heavy atom. The SMILES string of the molecule is COc1nc(N)c(C(F)F)cc1CC(=O)O. The minimum atomic E-state index is -2.80. The van der Waals surface area contributed by atoms with Crippen molar-refractivity contribution in [2.75, 3.05) is 12.8 Å². The van der Waals surface area contributed by atoms with Crippen molar-refractivity contribution in [3.63, 3.8) is 0 Å². The number of alkyl halides is 2. The first-order chi connectivity index (χ1) is 7.45. The van der Waals surface area contributed by atoms with Gasteiger partial charge < -0.3 is 15.6 Å². The Kier molecular flexibility index (Phi) is 3.60. The molecule has 0 amide bonds. The summed E-state index contributed by atoms with van der Waals surface area (Å²) >= 11 is 0. The van der Waals surface area contributed by atoms with Crippen LogP contribution in [-0.4, -0.2) is 23.2 Å². The maximum Gasteiger partial charge on any atom is 0.308 e. The van der Waals surface area contributed by atoms with E-state index in [9.17, 15) is 13.6 Å².